The molecule has 1 aromatic carbocycles. The SMILES string of the molecule is NNc1ccc([N+](=O)[O-])c(Nc2ccc(F)cc2Cl)n1. The number of hydrogen-bond acceptors (Lipinski definition) is 6. The molecule has 0 amide bonds. The molecule has 4 N–H and O–H groups in total. The fourth-order valence-corrected chi connectivity index (χ4v) is 1.70. The van der Waals surface area contributed by atoms with E-state index in [9.17, 15) is 14.5 Å². The van der Waals surface area contributed by atoms with Gasteiger partial charge in [-0.15, -0.1) is 0 Å². The molecule has 0 saturated carbocycles. The molecule has 0 saturated heterocycles. The number of aromatic nitrogens is 1. The molecule has 1 heterocycles. The van der Waals surface area contributed by atoms with Crippen molar-refractivity contribution in [1.29, 1.82) is 0 Å². The maximum absolute atomic E-state index is 12.9. The molecule has 7 nitrogen and oxygen atoms in total. The summed E-state index contributed by atoms with van der Waals surface area (Å²) in [4.78, 5) is 14.3. The lowest BCUT2D eigenvalue weighted by atomic mass is 10.3. The zero-order valence-electron chi connectivity index (χ0n) is 9.93. The van der Waals surface area contributed by atoms with Crippen LogP contribution in [0.2, 0.25) is 5.02 Å². The molecule has 0 radical (unpaired) electrons. The van der Waals surface area contributed by atoms with Gasteiger partial charge in [0.1, 0.15) is 11.6 Å². The Morgan fingerprint density at radius 1 is 1.35 bits per heavy atom. The monoisotopic (exact) mass is 297 g/mol. The highest BCUT2D eigenvalue weighted by Crippen LogP contribution is 2.30. The zero-order valence-corrected chi connectivity index (χ0v) is 10.7. The third-order valence-corrected chi connectivity index (χ3v) is 2.72. The first-order chi connectivity index (χ1) is 9.51. The van der Waals surface area contributed by atoms with E-state index in [1.165, 1.54) is 24.3 Å². The number of anilines is 3. The number of halogens is 2. The molecular weight excluding hydrogens is 289 g/mol. The summed E-state index contributed by atoms with van der Waals surface area (Å²) >= 11 is 5.84. The Kier molecular flexibility index (Phi) is 3.97. The van der Waals surface area contributed by atoms with Crippen LogP contribution in [0.3, 0.4) is 0 Å². The molecule has 0 unspecified atom stereocenters. The second kappa shape index (κ2) is 5.68. The van der Waals surface area contributed by atoms with E-state index >= 15 is 0 Å². The van der Waals surface area contributed by atoms with Crippen LogP contribution in [0.25, 0.3) is 0 Å². The predicted molar refractivity (Wildman–Crippen MR) is 73.4 cm³/mol. The molecule has 0 atom stereocenters. The van der Waals surface area contributed by atoms with Crippen molar-refractivity contribution < 1.29 is 9.31 Å². The van der Waals surface area contributed by atoms with Gasteiger partial charge in [-0.1, -0.05) is 11.6 Å². The average molecular weight is 298 g/mol. The zero-order chi connectivity index (χ0) is 14.7. The van der Waals surface area contributed by atoms with E-state index in [-0.39, 0.29) is 28.0 Å². The van der Waals surface area contributed by atoms with Crippen LogP contribution in [0.15, 0.2) is 30.3 Å². The molecular formula is C11H9ClFN5O2. The lowest BCUT2D eigenvalue weighted by Crippen LogP contribution is -2.10. The van der Waals surface area contributed by atoms with Crippen LogP contribution in [0.1, 0.15) is 0 Å². The number of nitrogens with zero attached hydrogens (tertiary/aromatic N) is 2. The molecule has 0 aliphatic rings. The van der Waals surface area contributed by atoms with Gasteiger partial charge in [0.05, 0.1) is 15.6 Å². The fraction of sp³-hybridized carbons (Fsp3) is 0. The van der Waals surface area contributed by atoms with E-state index in [0.717, 1.165) is 6.07 Å². The summed E-state index contributed by atoms with van der Waals surface area (Å²) < 4.78 is 12.9. The molecule has 0 fully saturated rings. The van der Waals surface area contributed by atoms with Gasteiger partial charge in [-0.2, -0.15) is 0 Å². The first-order valence-corrected chi connectivity index (χ1v) is 5.73. The Hall–Kier alpha value is -2.45. The maximum atomic E-state index is 12.9. The smallest absolute Gasteiger partial charge is 0.311 e. The number of hydrazine groups is 1. The predicted octanol–water partition coefficient (Wildman–Crippen LogP) is 2.81. The normalized spacial score (nSPS) is 10.2. The van der Waals surface area contributed by atoms with Crippen LogP contribution in [0.4, 0.5) is 27.4 Å². The minimum atomic E-state index is -0.604. The van der Waals surface area contributed by atoms with Crippen LogP contribution < -0.4 is 16.6 Å². The van der Waals surface area contributed by atoms with Gasteiger partial charge in [-0.25, -0.2) is 15.2 Å². The lowest BCUT2D eigenvalue weighted by molar-refractivity contribution is -0.384. The average Bonchev–Trinajstić information content (AvgIpc) is 2.41. The van der Waals surface area contributed by atoms with E-state index in [1.54, 1.807) is 0 Å². The number of nitrogens with one attached hydrogen (secondary N) is 2. The summed E-state index contributed by atoms with van der Waals surface area (Å²) in [5, 5.41) is 13.7. The van der Waals surface area contributed by atoms with E-state index < -0.39 is 10.7 Å². The highest BCUT2D eigenvalue weighted by molar-refractivity contribution is 6.33. The number of nitrogen functional groups attached to an aromatic ring is 1. The van der Waals surface area contributed by atoms with Crippen LogP contribution in [0, 0.1) is 15.9 Å². The second-order valence-corrected chi connectivity index (χ2v) is 4.12. The van der Waals surface area contributed by atoms with Crippen LogP contribution in [-0.4, -0.2) is 9.91 Å². The summed E-state index contributed by atoms with van der Waals surface area (Å²) in [5.74, 6) is 4.86. The molecule has 2 rings (SSSR count). The molecule has 0 aliphatic heterocycles. The lowest BCUT2D eigenvalue weighted by Gasteiger charge is -2.09. The standard InChI is InChI=1S/C11H9ClFN5O2/c12-7-5-6(13)1-2-8(7)15-11-9(18(19)20)3-4-10(16-11)17-14/h1-5H,14H2,(H2,15,16,17). The van der Waals surface area contributed by atoms with Gasteiger partial charge in [-0.3, -0.25) is 10.1 Å². The molecule has 0 spiro atoms. The summed E-state index contributed by atoms with van der Waals surface area (Å²) in [5.41, 5.74) is 2.31. The van der Waals surface area contributed by atoms with Crippen molar-refractivity contribution in [3.05, 3.63) is 51.3 Å². The van der Waals surface area contributed by atoms with Crippen molar-refractivity contribution in [2.45, 2.75) is 0 Å². The van der Waals surface area contributed by atoms with Gasteiger partial charge in [-0.05, 0) is 24.3 Å². The maximum Gasteiger partial charge on any atom is 0.311 e. The summed E-state index contributed by atoms with van der Waals surface area (Å²) in [6.45, 7) is 0. The molecule has 104 valence electrons. The quantitative estimate of drug-likeness (QED) is 0.455. The number of benzene rings is 1. The van der Waals surface area contributed by atoms with Crippen molar-refractivity contribution in [2.75, 3.05) is 10.7 Å². The number of nitrogens with two attached hydrogens (primary N) is 1. The first kappa shape index (κ1) is 14.0. The topological polar surface area (TPSA) is 106 Å². The number of rotatable bonds is 4. The molecule has 0 bridgehead atoms. The Morgan fingerprint density at radius 3 is 2.70 bits per heavy atom. The number of nitro groups is 1. The highest BCUT2D eigenvalue weighted by atomic mass is 35.5. The summed E-state index contributed by atoms with van der Waals surface area (Å²) in [6, 6.07) is 6.20. The summed E-state index contributed by atoms with van der Waals surface area (Å²) in [6.07, 6.45) is 0. The fourth-order valence-electron chi connectivity index (χ4n) is 1.49. The van der Waals surface area contributed by atoms with E-state index in [4.69, 9.17) is 17.4 Å². The van der Waals surface area contributed by atoms with Crippen molar-refractivity contribution in [3.63, 3.8) is 0 Å². The van der Waals surface area contributed by atoms with Gasteiger partial charge < -0.3 is 10.7 Å². The molecule has 1 aromatic heterocycles. The van der Waals surface area contributed by atoms with Gasteiger partial charge in [0.15, 0.2) is 0 Å². The van der Waals surface area contributed by atoms with Gasteiger partial charge >= 0.3 is 5.69 Å². The van der Waals surface area contributed by atoms with Crippen molar-refractivity contribution >= 4 is 34.6 Å². The van der Waals surface area contributed by atoms with Gasteiger partial charge in [0.25, 0.3) is 0 Å². The molecule has 20 heavy (non-hydrogen) atoms. The van der Waals surface area contributed by atoms with Crippen molar-refractivity contribution in [2.24, 2.45) is 5.84 Å². The molecule has 2 aromatic rings. The second-order valence-electron chi connectivity index (χ2n) is 3.71. The summed E-state index contributed by atoms with van der Waals surface area (Å²) in [7, 11) is 0. The first-order valence-electron chi connectivity index (χ1n) is 5.35. The Balaban J connectivity index is 2.43. The van der Waals surface area contributed by atoms with Crippen LogP contribution in [-0.2, 0) is 0 Å². The van der Waals surface area contributed by atoms with E-state index in [1.807, 2.05) is 0 Å². The highest BCUT2D eigenvalue weighted by Gasteiger charge is 2.17. The molecule has 9 heteroatoms. The minimum absolute atomic E-state index is 0.0565. The number of hydrogen-bond donors (Lipinski definition) is 3. The van der Waals surface area contributed by atoms with Crippen LogP contribution >= 0.6 is 11.6 Å². The minimum Gasteiger partial charge on any atom is -0.333 e. The third-order valence-electron chi connectivity index (χ3n) is 2.40. The molecule has 0 aliphatic carbocycles. The Labute approximate surface area is 117 Å². The van der Waals surface area contributed by atoms with Gasteiger partial charge in [0.2, 0.25) is 5.82 Å². The number of pyridine rings is 1. The van der Waals surface area contributed by atoms with Crippen molar-refractivity contribution in [3.8, 4) is 0 Å². The Morgan fingerprint density at radius 2 is 2.10 bits per heavy atom. The Bertz CT molecular complexity index is 667. The third kappa shape index (κ3) is 2.92. The van der Waals surface area contributed by atoms with Gasteiger partial charge in [0, 0.05) is 6.07 Å². The van der Waals surface area contributed by atoms with Crippen LogP contribution in [0.5, 0.6) is 0 Å². The van der Waals surface area contributed by atoms with E-state index in [0.29, 0.717) is 0 Å². The largest absolute Gasteiger partial charge is 0.333 e. The van der Waals surface area contributed by atoms with Crippen molar-refractivity contribution in [1.82, 2.24) is 4.98 Å². The van der Waals surface area contributed by atoms with E-state index in [2.05, 4.69) is 15.7 Å².